The fraction of sp³-hybridized carbons (Fsp3) is 0.0385. The maximum atomic E-state index is 5.71. The molecule has 170 valence electrons. The first kappa shape index (κ1) is 21.8. The molecule has 6 nitrogen and oxygen atoms in total. The van der Waals surface area contributed by atoms with E-state index < -0.39 is 0 Å². The van der Waals surface area contributed by atoms with Gasteiger partial charge in [0.25, 0.3) is 0 Å². The molecule has 0 N–H and O–H groups in total. The van der Waals surface area contributed by atoms with E-state index in [4.69, 9.17) is 12.2 Å². The zero-order valence-electron chi connectivity index (χ0n) is 18.4. The van der Waals surface area contributed by atoms with Gasteiger partial charge in [-0.1, -0.05) is 90.2 Å². The number of aromatic nitrogens is 6. The molecule has 0 saturated heterocycles. The smallest absolute Gasteiger partial charge is 0.198 e. The lowest BCUT2D eigenvalue weighted by Gasteiger charge is -2.10. The lowest BCUT2D eigenvalue weighted by Crippen LogP contribution is -2.04. The molecule has 0 amide bonds. The average Bonchev–Trinajstić information content (AvgIpc) is 3.46. The molecule has 6 aromatic rings. The molecule has 3 aromatic heterocycles. The van der Waals surface area contributed by atoms with Crippen molar-refractivity contribution < 1.29 is 0 Å². The van der Waals surface area contributed by atoms with Crippen LogP contribution in [0.3, 0.4) is 0 Å². The van der Waals surface area contributed by atoms with Crippen LogP contribution in [0, 0.1) is 3.95 Å². The van der Waals surface area contributed by atoms with Gasteiger partial charge in [-0.2, -0.15) is 0 Å². The topological polar surface area (TPSA) is 61.4 Å². The minimum absolute atomic E-state index is 0.648. The highest BCUT2D eigenvalue weighted by atomic mass is 32.2. The van der Waals surface area contributed by atoms with E-state index in [1.54, 1.807) is 6.33 Å². The number of hydrogen-bond donors (Lipinski definition) is 0. The third-order valence-corrected chi connectivity index (χ3v) is 7.96. The maximum Gasteiger partial charge on any atom is 0.198 e. The second-order valence-electron chi connectivity index (χ2n) is 7.72. The van der Waals surface area contributed by atoms with Gasteiger partial charge < -0.3 is 0 Å². The summed E-state index contributed by atoms with van der Waals surface area (Å²) < 4.78 is 5.79. The molecule has 0 radical (unpaired) electrons. The van der Waals surface area contributed by atoms with Crippen LogP contribution in [0.2, 0.25) is 0 Å². The third-order valence-electron chi connectivity index (χ3n) is 5.47. The number of benzene rings is 3. The van der Waals surface area contributed by atoms with Crippen LogP contribution in [0.1, 0.15) is 5.56 Å². The number of nitrogens with zero attached hydrogens (tertiary/aromatic N) is 6. The van der Waals surface area contributed by atoms with Gasteiger partial charge in [-0.3, -0.25) is 9.13 Å². The Hall–Kier alpha value is -3.66. The summed E-state index contributed by atoms with van der Waals surface area (Å²) in [5.41, 5.74) is 3.96. The Kier molecular flexibility index (Phi) is 5.95. The summed E-state index contributed by atoms with van der Waals surface area (Å²) in [7, 11) is 0. The SMILES string of the molecule is S=c1sc2c(Sc3nnc(-c4ccccc4)n3Cc3ccccc3)ncnc2n1-c1ccccc1. The van der Waals surface area contributed by atoms with E-state index in [1.807, 2.05) is 83.4 Å². The average molecular weight is 511 g/mol. The normalized spacial score (nSPS) is 11.2. The van der Waals surface area contributed by atoms with Gasteiger partial charge in [0.2, 0.25) is 0 Å². The van der Waals surface area contributed by atoms with Crippen molar-refractivity contribution in [3.63, 3.8) is 0 Å². The first-order valence-corrected chi connectivity index (χ1v) is 12.9. The van der Waals surface area contributed by atoms with Crippen molar-refractivity contribution in [1.29, 1.82) is 0 Å². The van der Waals surface area contributed by atoms with Gasteiger partial charge in [0.1, 0.15) is 16.1 Å². The third kappa shape index (κ3) is 4.29. The fourth-order valence-electron chi connectivity index (χ4n) is 3.85. The largest absolute Gasteiger partial charge is 0.297 e. The van der Waals surface area contributed by atoms with E-state index in [0.29, 0.717) is 6.54 Å². The van der Waals surface area contributed by atoms with E-state index in [0.717, 1.165) is 41.6 Å². The first-order valence-electron chi connectivity index (χ1n) is 10.9. The Labute approximate surface area is 215 Å². The molecule has 0 aliphatic rings. The lowest BCUT2D eigenvalue weighted by atomic mass is 10.2. The Morgan fingerprint density at radius 1 is 0.800 bits per heavy atom. The molecule has 0 fully saturated rings. The molecule has 0 saturated carbocycles. The molecule has 0 unspecified atom stereocenters. The van der Waals surface area contributed by atoms with Crippen molar-refractivity contribution in [2.45, 2.75) is 16.7 Å². The van der Waals surface area contributed by atoms with Gasteiger partial charge in [-0.25, -0.2) is 9.97 Å². The highest BCUT2D eigenvalue weighted by molar-refractivity contribution is 7.99. The number of thiazole rings is 1. The van der Waals surface area contributed by atoms with Gasteiger partial charge >= 0.3 is 0 Å². The van der Waals surface area contributed by atoms with Gasteiger partial charge in [-0.05, 0) is 41.7 Å². The second kappa shape index (κ2) is 9.53. The molecular formula is C26H18N6S3. The van der Waals surface area contributed by atoms with Crippen LogP contribution in [0.25, 0.3) is 27.4 Å². The quantitative estimate of drug-likeness (QED) is 0.184. The van der Waals surface area contributed by atoms with E-state index in [-0.39, 0.29) is 0 Å². The van der Waals surface area contributed by atoms with Crippen LogP contribution < -0.4 is 0 Å². The van der Waals surface area contributed by atoms with E-state index >= 15 is 0 Å². The molecule has 6 rings (SSSR count). The van der Waals surface area contributed by atoms with Gasteiger partial charge in [0.15, 0.2) is 20.6 Å². The highest BCUT2D eigenvalue weighted by Crippen LogP contribution is 2.36. The summed E-state index contributed by atoms with van der Waals surface area (Å²) in [6.07, 6.45) is 1.58. The number of rotatable bonds is 6. The molecule has 35 heavy (non-hydrogen) atoms. The van der Waals surface area contributed by atoms with Gasteiger partial charge in [0.05, 0.1) is 6.54 Å². The molecule has 3 aromatic carbocycles. The van der Waals surface area contributed by atoms with Crippen molar-refractivity contribution in [3.8, 4) is 17.1 Å². The van der Waals surface area contributed by atoms with Gasteiger partial charge in [-0.15, -0.1) is 10.2 Å². The van der Waals surface area contributed by atoms with Crippen molar-refractivity contribution in [3.05, 3.63) is 107 Å². The predicted octanol–water partition coefficient (Wildman–Crippen LogP) is 6.67. The van der Waals surface area contributed by atoms with Crippen molar-refractivity contribution in [1.82, 2.24) is 29.3 Å². The summed E-state index contributed by atoms with van der Waals surface area (Å²) >= 11 is 8.70. The summed E-state index contributed by atoms with van der Waals surface area (Å²) in [6.45, 7) is 0.648. The predicted molar refractivity (Wildman–Crippen MR) is 143 cm³/mol. The molecular weight excluding hydrogens is 493 g/mol. The first-order chi connectivity index (χ1) is 17.3. The van der Waals surface area contributed by atoms with Gasteiger partial charge in [0, 0.05) is 11.3 Å². The van der Waals surface area contributed by atoms with Crippen LogP contribution in [0.4, 0.5) is 0 Å². The summed E-state index contributed by atoms with van der Waals surface area (Å²) in [4.78, 5) is 9.17. The zero-order chi connectivity index (χ0) is 23.6. The van der Waals surface area contributed by atoms with Crippen LogP contribution in [0.15, 0.2) is 108 Å². The Balaban J connectivity index is 1.45. The molecule has 3 heterocycles. The molecule has 0 aliphatic heterocycles. The minimum atomic E-state index is 0.648. The molecule has 0 aliphatic carbocycles. The Bertz CT molecular complexity index is 1660. The van der Waals surface area contributed by atoms with E-state index in [1.165, 1.54) is 28.7 Å². The van der Waals surface area contributed by atoms with Crippen LogP contribution >= 0.6 is 35.3 Å². The summed E-state index contributed by atoms with van der Waals surface area (Å²) in [5.74, 6) is 0.816. The molecule has 0 spiro atoms. The number of hydrogen-bond acceptors (Lipinski definition) is 7. The highest BCUT2D eigenvalue weighted by Gasteiger charge is 2.19. The standard InChI is InChI=1S/C26H18N6S3/c33-26-32(20-14-8-3-9-15-20)23-21(34-26)24(28-17-27-23)35-25-30-29-22(19-12-6-2-7-13-19)31(25)16-18-10-4-1-5-11-18/h1-15,17H,16H2. The molecule has 0 atom stereocenters. The molecule has 9 heteroatoms. The lowest BCUT2D eigenvalue weighted by molar-refractivity contribution is 0.714. The fourth-order valence-corrected chi connectivity index (χ4v) is 6.18. The Morgan fingerprint density at radius 2 is 1.49 bits per heavy atom. The monoisotopic (exact) mass is 510 g/mol. The van der Waals surface area contributed by atoms with Crippen LogP contribution in [-0.2, 0) is 6.54 Å². The van der Waals surface area contributed by atoms with Crippen LogP contribution in [-0.4, -0.2) is 29.3 Å². The van der Waals surface area contributed by atoms with Crippen LogP contribution in [0.5, 0.6) is 0 Å². The zero-order valence-corrected chi connectivity index (χ0v) is 20.8. The minimum Gasteiger partial charge on any atom is -0.297 e. The summed E-state index contributed by atoms with van der Waals surface area (Å²) in [6, 6.07) is 30.5. The number of para-hydroxylation sites is 1. The number of fused-ring (bicyclic) bond motifs is 1. The second-order valence-corrected chi connectivity index (χ2v) is 10.3. The molecule has 0 bridgehead atoms. The van der Waals surface area contributed by atoms with E-state index in [2.05, 4.69) is 36.9 Å². The van der Waals surface area contributed by atoms with Crippen molar-refractivity contribution >= 4 is 45.7 Å². The van der Waals surface area contributed by atoms with E-state index in [9.17, 15) is 0 Å². The summed E-state index contributed by atoms with van der Waals surface area (Å²) in [5, 5.41) is 10.7. The van der Waals surface area contributed by atoms with Crippen molar-refractivity contribution in [2.24, 2.45) is 0 Å². The maximum absolute atomic E-state index is 5.71. The van der Waals surface area contributed by atoms with Crippen molar-refractivity contribution in [2.75, 3.05) is 0 Å². The Morgan fingerprint density at radius 3 is 2.23 bits per heavy atom.